The summed E-state index contributed by atoms with van der Waals surface area (Å²) < 4.78 is 13.5. The minimum atomic E-state index is -0.450. The highest BCUT2D eigenvalue weighted by Crippen LogP contribution is 2.29. The molecule has 1 heterocycles. The summed E-state index contributed by atoms with van der Waals surface area (Å²) in [4.78, 5) is 29.3. The fraction of sp³-hybridized carbons (Fsp3) is 0.391. The van der Waals surface area contributed by atoms with Crippen LogP contribution in [0.4, 0.5) is 4.39 Å². The number of nitrogens with zero attached hydrogens (tertiary/aromatic N) is 2. The third kappa shape index (κ3) is 4.41. The van der Waals surface area contributed by atoms with Crippen molar-refractivity contribution in [3.8, 4) is 0 Å². The van der Waals surface area contributed by atoms with Gasteiger partial charge < -0.3 is 9.80 Å². The monoisotopic (exact) mass is 382 g/mol. The van der Waals surface area contributed by atoms with E-state index in [2.05, 4.69) is 12.1 Å². The molecule has 0 saturated carbocycles. The molecule has 0 saturated heterocycles. The van der Waals surface area contributed by atoms with Gasteiger partial charge in [-0.15, -0.1) is 0 Å². The molecule has 1 unspecified atom stereocenters. The van der Waals surface area contributed by atoms with Crippen molar-refractivity contribution in [1.82, 2.24) is 9.80 Å². The molecule has 0 aromatic heterocycles. The number of hydrogen-bond donors (Lipinski definition) is 0. The van der Waals surface area contributed by atoms with E-state index in [-0.39, 0.29) is 30.0 Å². The van der Waals surface area contributed by atoms with Crippen LogP contribution in [0.2, 0.25) is 0 Å². The van der Waals surface area contributed by atoms with E-state index in [1.54, 1.807) is 11.0 Å². The van der Waals surface area contributed by atoms with Crippen molar-refractivity contribution in [3.63, 3.8) is 0 Å². The molecular formula is C23H27FN2O2. The number of benzene rings is 2. The molecular weight excluding hydrogens is 355 g/mol. The van der Waals surface area contributed by atoms with Gasteiger partial charge >= 0.3 is 0 Å². The highest BCUT2D eigenvalue weighted by molar-refractivity contribution is 5.96. The van der Waals surface area contributed by atoms with Gasteiger partial charge in [0.05, 0.1) is 6.04 Å². The second-order valence-corrected chi connectivity index (χ2v) is 7.30. The maximum Gasteiger partial charge on any atom is 0.254 e. The molecule has 5 heteroatoms. The Kier molecular flexibility index (Phi) is 6.45. The first-order valence-electron chi connectivity index (χ1n) is 9.93. The molecule has 148 valence electrons. The zero-order valence-electron chi connectivity index (χ0n) is 16.5. The first-order chi connectivity index (χ1) is 13.5. The maximum absolute atomic E-state index is 13.5. The first-order valence-corrected chi connectivity index (χ1v) is 9.93. The topological polar surface area (TPSA) is 40.6 Å². The summed E-state index contributed by atoms with van der Waals surface area (Å²) in [5.74, 6) is -0.817. The van der Waals surface area contributed by atoms with Crippen molar-refractivity contribution in [2.45, 2.75) is 39.2 Å². The smallest absolute Gasteiger partial charge is 0.254 e. The minimum Gasteiger partial charge on any atom is -0.334 e. The Labute approximate surface area is 166 Å². The minimum absolute atomic E-state index is 0.0157. The van der Waals surface area contributed by atoms with Crippen LogP contribution in [-0.4, -0.2) is 41.2 Å². The molecule has 4 nitrogen and oxygen atoms in total. The number of carbonyl (C=O) groups is 2. The zero-order chi connectivity index (χ0) is 20.1. The van der Waals surface area contributed by atoms with Gasteiger partial charge in [0, 0.05) is 18.7 Å². The maximum atomic E-state index is 13.5. The van der Waals surface area contributed by atoms with Crippen LogP contribution in [-0.2, 0) is 11.2 Å². The van der Waals surface area contributed by atoms with Crippen molar-refractivity contribution in [1.29, 1.82) is 0 Å². The standard InChI is InChI=1S/C23H27FN2O2/c1-3-4-13-25(23(28)19-9-7-10-20(24)15-19)16-22(27)26-14-12-18-8-5-6-11-21(18)17(26)2/h5-11,15,17H,3-4,12-14,16H2,1-2H3. The SMILES string of the molecule is CCCCN(CC(=O)N1CCc2ccccc2C1C)C(=O)c1cccc(F)c1. The average Bonchev–Trinajstić information content (AvgIpc) is 2.71. The second-order valence-electron chi connectivity index (χ2n) is 7.30. The Hall–Kier alpha value is -2.69. The highest BCUT2D eigenvalue weighted by atomic mass is 19.1. The molecule has 2 amide bonds. The summed E-state index contributed by atoms with van der Waals surface area (Å²) in [6.07, 6.45) is 2.53. The number of rotatable bonds is 6. The van der Waals surface area contributed by atoms with Crippen LogP contribution in [0.25, 0.3) is 0 Å². The first kappa shape index (κ1) is 20.1. The molecule has 1 aliphatic heterocycles. The molecule has 1 atom stereocenters. The van der Waals surface area contributed by atoms with Crippen LogP contribution in [0.1, 0.15) is 54.2 Å². The van der Waals surface area contributed by atoms with Crippen molar-refractivity contribution >= 4 is 11.8 Å². The second kappa shape index (κ2) is 9.00. The van der Waals surface area contributed by atoms with Crippen LogP contribution in [0.5, 0.6) is 0 Å². The van der Waals surface area contributed by atoms with Crippen molar-refractivity contribution in [2.24, 2.45) is 0 Å². The number of unbranched alkanes of at least 4 members (excludes halogenated alkanes) is 1. The van der Waals surface area contributed by atoms with Gasteiger partial charge in [0.2, 0.25) is 5.91 Å². The van der Waals surface area contributed by atoms with Crippen LogP contribution in [0, 0.1) is 5.82 Å². The summed E-state index contributed by atoms with van der Waals surface area (Å²) in [6.45, 7) is 5.21. The zero-order valence-corrected chi connectivity index (χ0v) is 16.5. The molecule has 1 aliphatic rings. The molecule has 0 aliphatic carbocycles. The van der Waals surface area contributed by atoms with E-state index in [1.165, 1.54) is 29.3 Å². The Balaban J connectivity index is 1.75. The van der Waals surface area contributed by atoms with Crippen LogP contribution in [0.15, 0.2) is 48.5 Å². The van der Waals surface area contributed by atoms with Crippen LogP contribution in [0.3, 0.4) is 0 Å². The number of halogens is 1. The Morgan fingerprint density at radius 1 is 1.18 bits per heavy atom. The number of hydrogen-bond acceptors (Lipinski definition) is 2. The van der Waals surface area contributed by atoms with Gasteiger partial charge in [0.1, 0.15) is 12.4 Å². The molecule has 2 aromatic carbocycles. The summed E-state index contributed by atoms with van der Waals surface area (Å²) >= 11 is 0. The number of amides is 2. The molecule has 0 N–H and O–H groups in total. The predicted octanol–water partition coefficient (Wildman–Crippen LogP) is 4.21. The Morgan fingerprint density at radius 2 is 1.96 bits per heavy atom. The predicted molar refractivity (Wildman–Crippen MR) is 107 cm³/mol. The van der Waals surface area contributed by atoms with E-state index < -0.39 is 5.82 Å². The van der Waals surface area contributed by atoms with Gasteiger partial charge in [-0.3, -0.25) is 9.59 Å². The normalized spacial score (nSPS) is 15.8. The Morgan fingerprint density at radius 3 is 2.71 bits per heavy atom. The van der Waals surface area contributed by atoms with Gasteiger partial charge in [0.15, 0.2) is 0 Å². The summed E-state index contributed by atoms with van der Waals surface area (Å²) in [5, 5.41) is 0. The van der Waals surface area contributed by atoms with E-state index in [0.29, 0.717) is 13.1 Å². The molecule has 0 spiro atoms. The summed E-state index contributed by atoms with van der Waals surface area (Å²) in [7, 11) is 0. The number of carbonyl (C=O) groups excluding carboxylic acids is 2. The van der Waals surface area contributed by atoms with Crippen molar-refractivity contribution in [2.75, 3.05) is 19.6 Å². The molecule has 0 bridgehead atoms. The van der Waals surface area contributed by atoms with Gasteiger partial charge in [0.25, 0.3) is 5.91 Å². The van der Waals surface area contributed by atoms with E-state index >= 15 is 0 Å². The lowest BCUT2D eigenvalue weighted by atomic mass is 9.93. The third-order valence-electron chi connectivity index (χ3n) is 5.38. The average molecular weight is 382 g/mol. The fourth-order valence-corrected chi connectivity index (χ4v) is 3.77. The lowest BCUT2D eigenvalue weighted by molar-refractivity contribution is -0.134. The van der Waals surface area contributed by atoms with E-state index in [4.69, 9.17) is 0 Å². The lowest BCUT2D eigenvalue weighted by Crippen LogP contribution is -2.46. The van der Waals surface area contributed by atoms with E-state index in [1.807, 2.05) is 30.9 Å². The van der Waals surface area contributed by atoms with E-state index in [0.717, 1.165) is 19.3 Å². The fourth-order valence-electron chi connectivity index (χ4n) is 3.77. The van der Waals surface area contributed by atoms with Gasteiger partial charge in [-0.1, -0.05) is 43.7 Å². The third-order valence-corrected chi connectivity index (χ3v) is 5.38. The van der Waals surface area contributed by atoms with Crippen molar-refractivity contribution in [3.05, 3.63) is 71.0 Å². The molecule has 28 heavy (non-hydrogen) atoms. The van der Waals surface area contributed by atoms with Crippen molar-refractivity contribution < 1.29 is 14.0 Å². The van der Waals surface area contributed by atoms with Gasteiger partial charge in [-0.25, -0.2) is 4.39 Å². The highest BCUT2D eigenvalue weighted by Gasteiger charge is 2.29. The summed E-state index contributed by atoms with van der Waals surface area (Å²) in [6, 6.07) is 13.8. The number of fused-ring (bicyclic) bond motifs is 1. The molecule has 0 fully saturated rings. The van der Waals surface area contributed by atoms with Gasteiger partial charge in [-0.05, 0) is 49.1 Å². The Bertz CT molecular complexity index is 852. The van der Waals surface area contributed by atoms with E-state index in [9.17, 15) is 14.0 Å². The van der Waals surface area contributed by atoms with Crippen LogP contribution < -0.4 is 0 Å². The lowest BCUT2D eigenvalue weighted by Gasteiger charge is -2.36. The molecule has 2 aromatic rings. The molecule has 0 radical (unpaired) electrons. The van der Waals surface area contributed by atoms with Crippen LogP contribution >= 0.6 is 0 Å². The molecule has 3 rings (SSSR count). The summed E-state index contributed by atoms with van der Waals surface area (Å²) in [5.41, 5.74) is 2.72. The largest absolute Gasteiger partial charge is 0.334 e. The van der Waals surface area contributed by atoms with Gasteiger partial charge in [-0.2, -0.15) is 0 Å². The quantitative estimate of drug-likeness (QED) is 0.751.